The molecule has 0 amide bonds. The summed E-state index contributed by atoms with van der Waals surface area (Å²) < 4.78 is 13.6. The molecule has 1 atom stereocenters. The molecule has 0 aromatic heterocycles. The maximum Gasteiger partial charge on any atom is 0.132 e. The van der Waals surface area contributed by atoms with Crippen LogP contribution in [0.15, 0.2) is 48.5 Å². The van der Waals surface area contributed by atoms with Crippen molar-refractivity contribution >= 4 is 17.9 Å². The largest absolute Gasteiger partial charge is 0.302 e. The molecule has 0 aliphatic rings. The van der Waals surface area contributed by atoms with Crippen LogP contribution < -0.4 is 0 Å². The number of rotatable bonds is 3. The van der Waals surface area contributed by atoms with E-state index in [9.17, 15) is 9.18 Å². The fourth-order valence-corrected chi connectivity index (χ4v) is 2.02. The molecule has 1 unspecified atom stereocenters. The van der Waals surface area contributed by atoms with Crippen LogP contribution in [0.25, 0.3) is 0 Å². The molecule has 0 fully saturated rings. The van der Waals surface area contributed by atoms with Crippen molar-refractivity contribution in [1.29, 1.82) is 0 Å². The zero-order valence-electron chi connectivity index (χ0n) is 8.94. The number of benzene rings is 2. The average Bonchev–Trinajstić information content (AvgIpc) is 2.34. The van der Waals surface area contributed by atoms with E-state index in [0.29, 0.717) is 22.4 Å². The summed E-state index contributed by atoms with van der Waals surface area (Å²) in [6.45, 7) is 0. The SMILES string of the molecule is O=CC(c1ccccc1F)c1ccccc1Cl. The molecule has 0 radical (unpaired) electrons. The molecular weight excluding hydrogens is 239 g/mol. The first-order valence-electron chi connectivity index (χ1n) is 5.18. The lowest BCUT2D eigenvalue weighted by Gasteiger charge is -2.13. The highest BCUT2D eigenvalue weighted by molar-refractivity contribution is 6.31. The topological polar surface area (TPSA) is 17.1 Å². The summed E-state index contributed by atoms with van der Waals surface area (Å²) in [6.07, 6.45) is 0.708. The predicted octanol–water partition coefficient (Wildman–Crippen LogP) is 3.81. The van der Waals surface area contributed by atoms with E-state index in [4.69, 9.17) is 11.6 Å². The zero-order chi connectivity index (χ0) is 12.3. The Hall–Kier alpha value is -1.67. The summed E-state index contributed by atoms with van der Waals surface area (Å²) in [4.78, 5) is 11.2. The summed E-state index contributed by atoms with van der Waals surface area (Å²) in [5.41, 5.74) is 0.963. The molecule has 0 N–H and O–H groups in total. The number of carbonyl (C=O) groups excluding carboxylic acids is 1. The van der Waals surface area contributed by atoms with Gasteiger partial charge in [-0.3, -0.25) is 0 Å². The van der Waals surface area contributed by atoms with Crippen LogP contribution >= 0.6 is 11.6 Å². The van der Waals surface area contributed by atoms with Crippen molar-refractivity contribution < 1.29 is 9.18 Å². The van der Waals surface area contributed by atoms with Gasteiger partial charge in [0.15, 0.2) is 0 Å². The third-order valence-corrected chi connectivity index (χ3v) is 2.96. The van der Waals surface area contributed by atoms with Crippen LogP contribution in [0.1, 0.15) is 17.0 Å². The van der Waals surface area contributed by atoms with Crippen molar-refractivity contribution in [3.8, 4) is 0 Å². The zero-order valence-corrected chi connectivity index (χ0v) is 9.69. The van der Waals surface area contributed by atoms with E-state index in [1.54, 1.807) is 42.5 Å². The van der Waals surface area contributed by atoms with E-state index < -0.39 is 11.7 Å². The average molecular weight is 249 g/mol. The van der Waals surface area contributed by atoms with Crippen molar-refractivity contribution in [1.82, 2.24) is 0 Å². The summed E-state index contributed by atoms with van der Waals surface area (Å²) in [5, 5.41) is 0.466. The molecule has 1 nitrogen and oxygen atoms in total. The molecule has 0 spiro atoms. The Labute approximate surface area is 104 Å². The van der Waals surface area contributed by atoms with Crippen molar-refractivity contribution in [2.75, 3.05) is 0 Å². The highest BCUT2D eigenvalue weighted by Gasteiger charge is 2.18. The van der Waals surface area contributed by atoms with E-state index in [1.165, 1.54) is 6.07 Å². The Morgan fingerprint density at radius 2 is 1.59 bits per heavy atom. The summed E-state index contributed by atoms with van der Waals surface area (Å²) in [7, 11) is 0. The minimum atomic E-state index is -0.662. The van der Waals surface area contributed by atoms with Crippen LogP contribution in [0, 0.1) is 5.82 Å². The quantitative estimate of drug-likeness (QED) is 0.755. The number of aldehydes is 1. The van der Waals surface area contributed by atoms with Gasteiger partial charge in [-0.2, -0.15) is 0 Å². The minimum absolute atomic E-state index is 0.343. The maximum atomic E-state index is 13.6. The Balaban J connectivity index is 2.52. The van der Waals surface area contributed by atoms with Gasteiger partial charge in [-0.1, -0.05) is 48.0 Å². The van der Waals surface area contributed by atoms with Crippen LogP contribution in [-0.4, -0.2) is 6.29 Å². The molecular formula is C14H10ClFO. The highest BCUT2D eigenvalue weighted by Crippen LogP contribution is 2.29. The molecule has 3 heteroatoms. The van der Waals surface area contributed by atoms with Gasteiger partial charge in [0.1, 0.15) is 12.1 Å². The van der Waals surface area contributed by atoms with Gasteiger partial charge in [-0.15, -0.1) is 0 Å². The van der Waals surface area contributed by atoms with E-state index in [0.717, 1.165) is 0 Å². The normalized spacial score (nSPS) is 12.1. The molecule has 0 aliphatic carbocycles. The van der Waals surface area contributed by atoms with Gasteiger partial charge in [0.2, 0.25) is 0 Å². The van der Waals surface area contributed by atoms with Gasteiger partial charge >= 0.3 is 0 Å². The Bertz CT molecular complexity index is 494. The molecule has 0 saturated carbocycles. The van der Waals surface area contributed by atoms with Gasteiger partial charge in [-0.25, -0.2) is 4.39 Å². The van der Waals surface area contributed by atoms with E-state index in [2.05, 4.69) is 0 Å². The van der Waals surface area contributed by atoms with Crippen molar-refractivity contribution in [3.05, 3.63) is 70.5 Å². The number of carbonyl (C=O) groups is 1. The molecule has 0 aliphatic heterocycles. The van der Waals surface area contributed by atoms with Crippen molar-refractivity contribution in [2.45, 2.75) is 5.92 Å². The Morgan fingerprint density at radius 1 is 1.00 bits per heavy atom. The molecule has 17 heavy (non-hydrogen) atoms. The lowest BCUT2D eigenvalue weighted by molar-refractivity contribution is -0.108. The van der Waals surface area contributed by atoms with Crippen LogP contribution in [0.5, 0.6) is 0 Å². The number of hydrogen-bond donors (Lipinski definition) is 0. The highest BCUT2D eigenvalue weighted by atomic mass is 35.5. The smallest absolute Gasteiger partial charge is 0.132 e. The van der Waals surface area contributed by atoms with Crippen LogP contribution in [0.4, 0.5) is 4.39 Å². The van der Waals surface area contributed by atoms with E-state index in [-0.39, 0.29) is 0 Å². The van der Waals surface area contributed by atoms with Gasteiger partial charge in [0.05, 0.1) is 5.92 Å². The molecule has 2 aromatic rings. The second-order valence-corrected chi connectivity index (χ2v) is 4.06. The Kier molecular flexibility index (Phi) is 3.55. The van der Waals surface area contributed by atoms with E-state index >= 15 is 0 Å². The second kappa shape index (κ2) is 5.11. The van der Waals surface area contributed by atoms with Crippen LogP contribution in [-0.2, 0) is 4.79 Å². The molecule has 0 heterocycles. The summed E-state index contributed by atoms with van der Waals surface area (Å²) >= 11 is 6.02. The van der Waals surface area contributed by atoms with Gasteiger partial charge in [-0.05, 0) is 17.7 Å². The van der Waals surface area contributed by atoms with Gasteiger partial charge in [0.25, 0.3) is 0 Å². The lowest BCUT2D eigenvalue weighted by Crippen LogP contribution is -2.05. The predicted molar refractivity (Wildman–Crippen MR) is 65.8 cm³/mol. The Morgan fingerprint density at radius 3 is 2.18 bits per heavy atom. The maximum absolute atomic E-state index is 13.6. The molecule has 86 valence electrons. The molecule has 2 aromatic carbocycles. The molecule has 2 rings (SSSR count). The minimum Gasteiger partial charge on any atom is -0.302 e. The third-order valence-electron chi connectivity index (χ3n) is 2.62. The first kappa shape index (κ1) is 11.8. The number of halogens is 2. The van der Waals surface area contributed by atoms with Crippen molar-refractivity contribution in [2.24, 2.45) is 0 Å². The third kappa shape index (κ3) is 2.37. The molecule has 0 saturated heterocycles. The molecule has 0 bridgehead atoms. The van der Waals surface area contributed by atoms with Gasteiger partial charge in [0, 0.05) is 10.6 Å². The fraction of sp³-hybridized carbons (Fsp3) is 0.0714. The summed E-state index contributed by atoms with van der Waals surface area (Å²) in [5.74, 6) is -1.06. The number of hydrogen-bond acceptors (Lipinski definition) is 1. The first-order valence-corrected chi connectivity index (χ1v) is 5.56. The monoisotopic (exact) mass is 248 g/mol. The van der Waals surface area contributed by atoms with Gasteiger partial charge < -0.3 is 4.79 Å². The standard InChI is InChI=1S/C14H10ClFO/c15-13-7-3-1-5-10(13)12(9-17)11-6-2-4-8-14(11)16/h1-9,12H. The van der Waals surface area contributed by atoms with Crippen LogP contribution in [0.2, 0.25) is 5.02 Å². The fourth-order valence-electron chi connectivity index (χ4n) is 1.77. The van der Waals surface area contributed by atoms with Crippen molar-refractivity contribution in [3.63, 3.8) is 0 Å². The lowest BCUT2D eigenvalue weighted by atomic mass is 9.92. The summed E-state index contributed by atoms with van der Waals surface area (Å²) in [6, 6.07) is 13.2. The second-order valence-electron chi connectivity index (χ2n) is 3.66. The van der Waals surface area contributed by atoms with Crippen LogP contribution in [0.3, 0.4) is 0 Å². The first-order chi connectivity index (χ1) is 8.24. The van der Waals surface area contributed by atoms with E-state index in [1.807, 2.05) is 0 Å².